The van der Waals surface area contributed by atoms with Crippen molar-refractivity contribution in [3.8, 4) is 0 Å². The number of hydrogen-bond acceptors (Lipinski definition) is 4. The van der Waals surface area contributed by atoms with E-state index in [9.17, 15) is 4.79 Å². The summed E-state index contributed by atoms with van der Waals surface area (Å²) in [6, 6.07) is -0.0106. The summed E-state index contributed by atoms with van der Waals surface area (Å²) in [6.45, 7) is 6.33. The number of oxazole rings is 1. The van der Waals surface area contributed by atoms with Crippen molar-refractivity contribution < 1.29 is 9.21 Å². The molecule has 5 nitrogen and oxygen atoms in total. The largest absolute Gasteiger partial charge is 0.448 e. The summed E-state index contributed by atoms with van der Waals surface area (Å²) in [7, 11) is 0. The Morgan fingerprint density at radius 3 is 2.75 bits per heavy atom. The average molecular weight is 225 g/mol. The second kappa shape index (κ2) is 5.65. The Balaban J connectivity index is 2.59. The monoisotopic (exact) mass is 225 g/mol. The first-order chi connectivity index (χ1) is 7.54. The summed E-state index contributed by atoms with van der Waals surface area (Å²) in [5, 5.41) is 2.85. The van der Waals surface area contributed by atoms with Gasteiger partial charge in [-0.2, -0.15) is 0 Å². The topological polar surface area (TPSA) is 81.2 Å². The van der Waals surface area contributed by atoms with E-state index < -0.39 is 0 Å². The van der Waals surface area contributed by atoms with Crippen LogP contribution in [-0.4, -0.2) is 23.5 Å². The molecular formula is C11H19N3O2. The van der Waals surface area contributed by atoms with E-state index in [0.29, 0.717) is 23.9 Å². The Kier molecular flexibility index (Phi) is 4.49. The zero-order valence-electron chi connectivity index (χ0n) is 9.99. The molecule has 0 saturated carbocycles. The van der Waals surface area contributed by atoms with Gasteiger partial charge in [0.05, 0.1) is 0 Å². The maximum atomic E-state index is 11.8. The van der Waals surface area contributed by atoms with Gasteiger partial charge in [0, 0.05) is 12.6 Å². The Morgan fingerprint density at radius 1 is 1.62 bits per heavy atom. The second-order valence-corrected chi connectivity index (χ2v) is 4.29. The van der Waals surface area contributed by atoms with Crippen LogP contribution in [0.25, 0.3) is 0 Å². The van der Waals surface area contributed by atoms with E-state index in [-0.39, 0.29) is 11.9 Å². The smallest absolute Gasteiger partial charge is 0.273 e. The quantitative estimate of drug-likeness (QED) is 0.785. The average Bonchev–Trinajstić information content (AvgIpc) is 2.62. The fraction of sp³-hybridized carbons (Fsp3) is 0.636. The SMILES string of the molecule is Cc1ocnc1C(=O)NC(CN)CC(C)C. The Morgan fingerprint density at radius 2 is 2.31 bits per heavy atom. The van der Waals surface area contributed by atoms with Crippen molar-refractivity contribution in [2.75, 3.05) is 6.54 Å². The highest BCUT2D eigenvalue weighted by atomic mass is 16.3. The van der Waals surface area contributed by atoms with Gasteiger partial charge in [0.2, 0.25) is 0 Å². The van der Waals surface area contributed by atoms with Crippen LogP contribution in [0.5, 0.6) is 0 Å². The summed E-state index contributed by atoms with van der Waals surface area (Å²) in [6.07, 6.45) is 2.13. The number of aryl methyl sites for hydroxylation is 1. The molecule has 0 saturated heterocycles. The van der Waals surface area contributed by atoms with Crippen LogP contribution in [0, 0.1) is 12.8 Å². The lowest BCUT2D eigenvalue weighted by molar-refractivity contribution is 0.0928. The van der Waals surface area contributed by atoms with E-state index in [2.05, 4.69) is 24.1 Å². The van der Waals surface area contributed by atoms with Gasteiger partial charge in [-0.15, -0.1) is 0 Å². The predicted molar refractivity (Wildman–Crippen MR) is 61.0 cm³/mol. The fourth-order valence-corrected chi connectivity index (χ4v) is 1.56. The van der Waals surface area contributed by atoms with Gasteiger partial charge in [-0.3, -0.25) is 4.79 Å². The van der Waals surface area contributed by atoms with Crippen molar-refractivity contribution in [2.45, 2.75) is 33.2 Å². The zero-order chi connectivity index (χ0) is 12.1. The number of amides is 1. The number of hydrogen-bond donors (Lipinski definition) is 2. The molecule has 1 atom stereocenters. The molecular weight excluding hydrogens is 206 g/mol. The van der Waals surface area contributed by atoms with Crippen molar-refractivity contribution in [1.29, 1.82) is 0 Å². The summed E-state index contributed by atoms with van der Waals surface area (Å²) < 4.78 is 4.98. The van der Waals surface area contributed by atoms with Crippen LogP contribution >= 0.6 is 0 Å². The molecule has 1 rings (SSSR count). The first kappa shape index (κ1) is 12.7. The van der Waals surface area contributed by atoms with Gasteiger partial charge in [-0.1, -0.05) is 13.8 Å². The van der Waals surface area contributed by atoms with Crippen LogP contribution in [0.4, 0.5) is 0 Å². The second-order valence-electron chi connectivity index (χ2n) is 4.29. The molecule has 1 amide bonds. The summed E-state index contributed by atoms with van der Waals surface area (Å²) >= 11 is 0. The molecule has 90 valence electrons. The van der Waals surface area contributed by atoms with Crippen molar-refractivity contribution in [3.63, 3.8) is 0 Å². The van der Waals surface area contributed by atoms with Gasteiger partial charge in [-0.25, -0.2) is 4.98 Å². The van der Waals surface area contributed by atoms with Crippen molar-refractivity contribution in [3.05, 3.63) is 17.8 Å². The number of rotatable bonds is 5. The third kappa shape index (κ3) is 3.34. The summed E-state index contributed by atoms with van der Waals surface area (Å²) in [4.78, 5) is 15.7. The molecule has 0 bridgehead atoms. The van der Waals surface area contributed by atoms with Crippen molar-refractivity contribution >= 4 is 5.91 Å². The minimum absolute atomic E-state index is 0.0106. The van der Waals surface area contributed by atoms with Gasteiger partial charge < -0.3 is 15.5 Å². The lowest BCUT2D eigenvalue weighted by atomic mass is 10.0. The third-order valence-electron chi connectivity index (χ3n) is 2.34. The maximum absolute atomic E-state index is 11.8. The number of nitrogens with two attached hydrogens (primary N) is 1. The van der Waals surface area contributed by atoms with Crippen molar-refractivity contribution in [2.24, 2.45) is 11.7 Å². The highest BCUT2D eigenvalue weighted by Gasteiger charge is 2.17. The molecule has 1 heterocycles. The van der Waals surface area contributed by atoms with Gasteiger partial charge in [0.25, 0.3) is 5.91 Å². The normalized spacial score (nSPS) is 12.8. The van der Waals surface area contributed by atoms with E-state index in [1.54, 1.807) is 6.92 Å². The predicted octanol–water partition coefficient (Wildman–Crippen LogP) is 1.09. The molecule has 1 aromatic heterocycles. The molecule has 3 N–H and O–H groups in total. The lowest BCUT2D eigenvalue weighted by Crippen LogP contribution is -2.41. The number of carbonyl (C=O) groups is 1. The maximum Gasteiger partial charge on any atom is 0.273 e. The first-order valence-corrected chi connectivity index (χ1v) is 5.45. The van der Waals surface area contributed by atoms with Crippen LogP contribution in [0.3, 0.4) is 0 Å². The van der Waals surface area contributed by atoms with E-state index in [4.69, 9.17) is 10.2 Å². The standard InChI is InChI=1S/C11H19N3O2/c1-7(2)4-9(5-12)14-11(15)10-8(3)16-6-13-10/h6-7,9H,4-5,12H2,1-3H3,(H,14,15). The molecule has 1 aromatic rings. The fourth-order valence-electron chi connectivity index (χ4n) is 1.56. The van der Waals surface area contributed by atoms with Crippen LogP contribution in [0.1, 0.15) is 36.5 Å². The van der Waals surface area contributed by atoms with Gasteiger partial charge in [0.15, 0.2) is 12.1 Å². The van der Waals surface area contributed by atoms with E-state index >= 15 is 0 Å². The van der Waals surface area contributed by atoms with Crippen LogP contribution in [-0.2, 0) is 0 Å². The van der Waals surface area contributed by atoms with Gasteiger partial charge >= 0.3 is 0 Å². The van der Waals surface area contributed by atoms with Crippen LogP contribution < -0.4 is 11.1 Å². The van der Waals surface area contributed by atoms with E-state index in [1.807, 2.05) is 0 Å². The number of carbonyl (C=O) groups excluding carboxylic acids is 1. The number of aromatic nitrogens is 1. The first-order valence-electron chi connectivity index (χ1n) is 5.45. The highest BCUT2D eigenvalue weighted by Crippen LogP contribution is 2.07. The Bertz CT molecular complexity index is 347. The van der Waals surface area contributed by atoms with E-state index in [1.165, 1.54) is 6.39 Å². The van der Waals surface area contributed by atoms with Crippen molar-refractivity contribution in [1.82, 2.24) is 10.3 Å². The molecule has 0 aliphatic heterocycles. The summed E-state index contributed by atoms with van der Waals surface area (Å²) in [5.41, 5.74) is 5.94. The van der Waals surface area contributed by atoms with Gasteiger partial charge in [-0.05, 0) is 19.3 Å². The molecule has 16 heavy (non-hydrogen) atoms. The van der Waals surface area contributed by atoms with Crippen LogP contribution in [0.15, 0.2) is 10.8 Å². The number of nitrogens with zero attached hydrogens (tertiary/aromatic N) is 1. The zero-order valence-corrected chi connectivity index (χ0v) is 9.99. The lowest BCUT2D eigenvalue weighted by Gasteiger charge is -2.18. The molecule has 0 aliphatic carbocycles. The molecule has 5 heteroatoms. The molecule has 0 radical (unpaired) electrons. The molecule has 0 spiro atoms. The molecule has 0 fully saturated rings. The van der Waals surface area contributed by atoms with Gasteiger partial charge in [0.1, 0.15) is 5.76 Å². The Labute approximate surface area is 95.4 Å². The molecule has 0 aliphatic rings. The summed E-state index contributed by atoms with van der Waals surface area (Å²) in [5.74, 6) is 0.799. The Hall–Kier alpha value is -1.36. The third-order valence-corrected chi connectivity index (χ3v) is 2.34. The molecule has 0 aromatic carbocycles. The van der Waals surface area contributed by atoms with Crippen LogP contribution in [0.2, 0.25) is 0 Å². The minimum Gasteiger partial charge on any atom is -0.448 e. The number of nitrogens with one attached hydrogen (secondary N) is 1. The van der Waals surface area contributed by atoms with E-state index in [0.717, 1.165) is 6.42 Å². The highest BCUT2D eigenvalue weighted by molar-refractivity contribution is 5.93. The molecule has 1 unspecified atom stereocenters. The minimum atomic E-state index is -0.220.